The molecule has 0 aliphatic rings. The summed E-state index contributed by atoms with van der Waals surface area (Å²) in [7, 11) is 0. The maximum atomic E-state index is 6.43. The van der Waals surface area contributed by atoms with Crippen molar-refractivity contribution in [3.63, 3.8) is 0 Å². The van der Waals surface area contributed by atoms with E-state index in [0.29, 0.717) is 0 Å². The van der Waals surface area contributed by atoms with Crippen LogP contribution in [0.15, 0.2) is 452 Å². The lowest BCUT2D eigenvalue weighted by atomic mass is 9.92. The minimum Gasteiger partial charge on any atom is -0.456 e. The van der Waals surface area contributed by atoms with Crippen LogP contribution in [0.25, 0.3) is 201 Å². The third-order valence-electron chi connectivity index (χ3n) is 26.0. The van der Waals surface area contributed by atoms with Crippen LogP contribution in [-0.4, -0.2) is 0 Å². The Balaban J connectivity index is 0.000000102. The standard InChI is InChI=1S/C42H25NOS.C42H25NS2.C36H23NO/c1-2-11-27(12-3-1)43(35-17-10-19-37-41(35)32-15-6-8-18-36(32)44-37)28-22-24-29-26(25-28)21-23-34-39(29)30-13-4-5-14-31(30)42-40(34)33-16-7-9-20-38(33)45-42;1-2-11-27(12-3-1)43(35-17-10-20-38-41(35)33-16-7-8-18-36(33)44-38)28-22-24-29-26(25-28)21-23-34-39(29)30-13-4-5-14-31(30)42-40(34)32-15-6-9-19-37(32)45-42;1-3-11-25(12-4-1)37(26-13-5-2-6-14-26)27-20-22-28-24(23-27)19-21-32-34(28)29-15-7-8-16-30(29)36-35(32)31-17-9-10-18-33(31)38-36/h2*1-25H;1-23H. The van der Waals surface area contributed by atoms with Crippen molar-refractivity contribution in [1.82, 2.24) is 0 Å². The highest BCUT2D eigenvalue weighted by molar-refractivity contribution is 7.27. The molecule has 128 heavy (non-hydrogen) atoms. The molecule has 5 nitrogen and oxygen atoms in total. The summed E-state index contributed by atoms with van der Waals surface area (Å²) >= 11 is 5.68. The second-order valence-corrected chi connectivity index (χ2v) is 36.3. The first kappa shape index (κ1) is 73.6. The summed E-state index contributed by atoms with van der Waals surface area (Å²) in [6.07, 6.45) is 0. The van der Waals surface area contributed by atoms with E-state index in [4.69, 9.17) is 8.83 Å². The SMILES string of the molecule is c1ccc(N(c2ccc3c(ccc4c3c3ccccc3c3sc5ccccc5c43)c2)c2cccc3oc4ccccc4c23)cc1.c1ccc(N(c2ccc3c(ccc4c3c3ccccc3c3sc5ccccc5c43)c2)c2cccc3sc4ccccc4c23)cc1.c1ccc(N(c2ccccc2)c2ccc3c(ccc4c3c3ccccc3c3oc5ccccc5c43)c2)cc1. The third-order valence-corrected chi connectivity index (χ3v) is 29.5. The number of benzene rings is 23. The number of hydrogen-bond donors (Lipinski definition) is 0. The molecule has 5 heterocycles. The molecular formula is C120H73N3O2S3. The van der Waals surface area contributed by atoms with Crippen molar-refractivity contribution in [2.75, 3.05) is 14.7 Å². The molecule has 0 radical (unpaired) electrons. The van der Waals surface area contributed by atoms with Crippen molar-refractivity contribution in [2.45, 2.75) is 0 Å². The van der Waals surface area contributed by atoms with Crippen LogP contribution in [0.5, 0.6) is 0 Å². The van der Waals surface area contributed by atoms with Crippen molar-refractivity contribution in [1.29, 1.82) is 0 Å². The first-order valence-electron chi connectivity index (χ1n) is 43.5. The number of thiophene rings is 3. The molecule has 0 fully saturated rings. The summed E-state index contributed by atoms with van der Waals surface area (Å²) in [6, 6.07) is 160. The van der Waals surface area contributed by atoms with E-state index < -0.39 is 0 Å². The molecule has 0 unspecified atom stereocenters. The zero-order chi connectivity index (χ0) is 84.0. The van der Waals surface area contributed by atoms with Gasteiger partial charge >= 0.3 is 0 Å². The Hall–Kier alpha value is -15.9. The number of fused-ring (bicyclic) bond motifs is 36. The van der Waals surface area contributed by atoms with Gasteiger partial charge in [-0.15, -0.1) is 34.0 Å². The van der Waals surface area contributed by atoms with E-state index in [-0.39, 0.29) is 0 Å². The third kappa shape index (κ3) is 11.7. The maximum absolute atomic E-state index is 6.43. The highest BCUT2D eigenvalue weighted by Gasteiger charge is 2.26. The minimum absolute atomic E-state index is 0.889. The molecule has 28 aromatic rings. The molecule has 598 valence electrons. The van der Waals surface area contributed by atoms with Gasteiger partial charge in [0.05, 0.1) is 16.8 Å². The Morgan fingerprint density at radius 3 is 0.938 bits per heavy atom. The lowest BCUT2D eigenvalue weighted by molar-refractivity contribution is 0.669. The summed E-state index contributed by atoms with van der Waals surface area (Å²) < 4.78 is 20.8. The van der Waals surface area contributed by atoms with Gasteiger partial charge in [0, 0.05) is 133 Å². The van der Waals surface area contributed by atoms with Crippen LogP contribution in [0.4, 0.5) is 51.2 Å². The molecule has 0 aliphatic heterocycles. The van der Waals surface area contributed by atoms with Crippen LogP contribution in [0.2, 0.25) is 0 Å². The maximum Gasteiger partial charge on any atom is 0.143 e. The Morgan fingerprint density at radius 2 is 0.469 bits per heavy atom. The second kappa shape index (κ2) is 29.9. The number of para-hydroxylation sites is 6. The normalized spacial score (nSPS) is 11.9. The predicted molar refractivity (Wildman–Crippen MR) is 554 cm³/mol. The molecule has 0 atom stereocenters. The molecule has 0 saturated carbocycles. The highest BCUT2D eigenvalue weighted by Crippen LogP contribution is 2.53. The van der Waals surface area contributed by atoms with E-state index in [1.54, 1.807) is 0 Å². The van der Waals surface area contributed by atoms with Gasteiger partial charge in [-0.25, -0.2) is 0 Å². The molecule has 0 spiro atoms. The molecule has 0 bridgehead atoms. The van der Waals surface area contributed by atoms with E-state index in [1.165, 1.54) is 163 Å². The van der Waals surface area contributed by atoms with Gasteiger partial charge in [-0.2, -0.15) is 0 Å². The fourth-order valence-electron chi connectivity index (χ4n) is 20.6. The topological polar surface area (TPSA) is 36.0 Å². The number of nitrogens with zero attached hydrogens (tertiary/aromatic N) is 3. The molecular weight excluding hydrogens is 1610 g/mol. The van der Waals surface area contributed by atoms with Crippen molar-refractivity contribution < 1.29 is 8.83 Å². The largest absolute Gasteiger partial charge is 0.456 e. The molecule has 0 saturated heterocycles. The summed E-state index contributed by atoms with van der Waals surface area (Å²) in [5.41, 5.74) is 13.9. The van der Waals surface area contributed by atoms with E-state index in [0.717, 1.165) is 89.4 Å². The zero-order valence-electron chi connectivity index (χ0n) is 69.0. The fraction of sp³-hybridized carbons (Fsp3) is 0. The molecule has 8 heteroatoms. The Bertz CT molecular complexity index is 8950. The summed E-state index contributed by atoms with van der Waals surface area (Å²) in [6.45, 7) is 0. The van der Waals surface area contributed by atoms with E-state index in [1.807, 2.05) is 52.2 Å². The minimum atomic E-state index is 0.889. The van der Waals surface area contributed by atoms with Gasteiger partial charge in [0.15, 0.2) is 0 Å². The molecule has 0 aliphatic carbocycles. The zero-order valence-corrected chi connectivity index (χ0v) is 71.5. The van der Waals surface area contributed by atoms with Crippen molar-refractivity contribution in [3.8, 4) is 0 Å². The molecule has 5 aromatic heterocycles. The molecule has 0 amide bonds. The van der Waals surface area contributed by atoms with E-state index in [9.17, 15) is 0 Å². The highest BCUT2D eigenvalue weighted by atomic mass is 32.1. The Kier molecular flexibility index (Phi) is 17.2. The smallest absolute Gasteiger partial charge is 0.143 e. The van der Waals surface area contributed by atoms with Crippen molar-refractivity contribution >= 4 is 287 Å². The molecule has 28 rings (SSSR count). The van der Waals surface area contributed by atoms with Crippen LogP contribution in [0.1, 0.15) is 0 Å². The lowest BCUT2D eigenvalue weighted by Gasteiger charge is -2.27. The van der Waals surface area contributed by atoms with Gasteiger partial charge in [0.25, 0.3) is 0 Å². The van der Waals surface area contributed by atoms with Crippen molar-refractivity contribution in [2.24, 2.45) is 0 Å². The number of hydrogen-bond acceptors (Lipinski definition) is 8. The predicted octanol–water partition coefficient (Wildman–Crippen LogP) is 36.8. The lowest BCUT2D eigenvalue weighted by Crippen LogP contribution is -2.10. The second-order valence-electron chi connectivity index (χ2n) is 33.1. The molecule has 23 aromatic carbocycles. The Labute approximate surface area is 747 Å². The Morgan fingerprint density at radius 1 is 0.156 bits per heavy atom. The van der Waals surface area contributed by atoms with Gasteiger partial charge < -0.3 is 23.5 Å². The first-order valence-corrected chi connectivity index (χ1v) is 45.9. The van der Waals surface area contributed by atoms with Crippen molar-refractivity contribution in [3.05, 3.63) is 443 Å². The van der Waals surface area contributed by atoms with Crippen LogP contribution >= 0.6 is 34.0 Å². The van der Waals surface area contributed by atoms with Gasteiger partial charge in [-0.05, 0) is 220 Å². The van der Waals surface area contributed by atoms with Gasteiger partial charge in [0.1, 0.15) is 22.3 Å². The van der Waals surface area contributed by atoms with Crippen LogP contribution in [0.3, 0.4) is 0 Å². The number of furan rings is 2. The fourth-order valence-corrected chi connectivity index (χ4v) is 24.2. The molecule has 0 N–H and O–H groups in total. The van der Waals surface area contributed by atoms with Gasteiger partial charge in [0.2, 0.25) is 0 Å². The number of anilines is 9. The van der Waals surface area contributed by atoms with Crippen LogP contribution in [-0.2, 0) is 0 Å². The summed E-state index contributed by atoms with van der Waals surface area (Å²) in [5, 5.41) is 35.5. The average Bonchev–Trinajstić information content (AvgIpc) is 1.49. The summed E-state index contributed by atoms with van der Waals surface area (Å²) in [5.74, 6) is 0. The average molecular weight is 1690 g/mol. The van der Waals surface area contributed by atoms with Gasteiger partial charge in [-0.1, -0.05) is 303 Å². The first-order chi connectivity index (χ1) is 63.5. The van der Waals surface area contributed by atoms with E-state index in [2.05, 4.69) is 439 Å². The van der Waals surface area contributed by atoms with E-state index >= 15 is 0 Å². The summed E-state index contributed by atoms with van der Waals surface area (Å²) in [4.78, 5) is 7.11. The quantitative estimate of drug-likeness (QED) is 0.135. The van der Waals surface area contributed by atoms with Gasteiger partial charge in [-0.3, -0.25) is 0 Å². The monoisotopic (exact) mass is 1680 g/mol. The van der Waals surface area contributed by atoms with Crippen LogP contribution < -0.4 is 14.7 Å². The van der Waals surface area contributed by atoms with Crippen LogP contribution in [0, 0.1) is 0 Å². The number of rotatable bonds is 9.